The van der Waals surface area contributed by atoms with Gasteiger partial charge >= 0.3 is 0 Å². The highest BCUT2D eigenvalue weighted by Crippen LogP contribution is 2.48. The van der Waals surface area contributed by atoms with Gasteiger partial charge in [-0.25, -0.2) is 44.9 Å². The fourth-order valence-electron chi connectivity index (χ4n) is 18.8. The molecule has 135 heavy (non-hydrogen) atoms. The maximum absolute atomic E-state index is 6.76. The first kappa shape index (κ1) is 78.8. The van der Waals surface area contributed by atoms with Gasteiger partial charge in [-0.3, -0.25) is 0 Å². The Labute approximate surface area is 774 Å². The molecule has 0 radical (unpaired) electrons. The topological polar surface area (TPSA) is 155 Å². The smallest absolute Gasteiger partial charge is 0.164 e. The van der Waals surface area contributed by atoms with Crippen LogP contribution in [0.3, 0.4) is 0 Å². The van der Waals surface area contributed by atoms with E-state index in [1.165, 1.54) is 16.2 Å². The van der Waals surface area contributed by atoms with Crippen molar-refractivity contribution in [1.29, 1.82) is 0 Å². The monoisotopic (exact) mass is 1730 g/mol. The summed E-state index contributed by atoms with van der Waals surface area (Å²) in [6.07, 6.45) is 0. The SMILES string of the molecule is c1ccc(-c2ccc(-c3nc(-c4ccc5ccccc5c4)nc(-c4ccc5ccccc5c4)n3)c3c2oc2cc4ccccc4cc23)cc1.c1ccc(-c2nc(-c3ccc4ccccc4c3)nc(-c3ccc(-c4ccccc4)c4oc5cc6ccccc6cc5c34)n2)cc1.c1ccc(-c2nc(-c3ccccc3)nc(-c3ccc(-c4ccccc4)c4oc5cc6ccccc6cc5c34)n2)cc1. The Bertz CT molecular complexity index is 9160. The van der Waals surface area contributed by atoms with Gasteiger partial charge in [0.2, 0.25) is 0 Å². The van der Waals surface area contributed by atoms with Gasteiger partial charge < -0.3 is 13.3 Å². The Morgan fingerprint density at radius 3 is 0.556 bits per heavy atom. The van der Waals surface area contributed by atoms with Crippen molar-refractivity contribution < 1.29 is 13.3 Å². The molecule has 0 unspecified atom stereocenters. The lowest BCUT2D eigenvalue weighted by Crippen LogP contribution is -2.00. The molecule has 27 rings (SSSR count). The number of fused-ring (bicyclic) bond motifs is 15. The Hall–Kier alpha value is -18.4. The van der Waals surface area contributed by atoms with Crippen molar-refractivity contribution in [2.24, 2.45) is 0 Å². The maximum atomic E-state index is 6.76. The summed E-state index contributed by atoms with van der Waals surface area (Å²) in [6, 6.07) is 157. The van der Waals surface area contributed by atoms with Crippen molar-refractivity contribution in [3.8, 4) is 136 Å². The second-order valence-electron chi connectivity index (χ2n) is 33.8. The van der Waals surface area contributed by atoms with E-state index in [1.807, 2.05) is 109 Å². The number of aromatic nitrogens is 9. The molecular formula is C123H75N9O3. The molecule has 6 aromatic heterocycles. The van der Waals surface area contributed by atoms with E-state index in [9.17, 15) is 0 Å². The summed E-state index contributed by atoms with van der Waals surface area (Å²) in [6.45, 7) is 0. The van der Waals surface area contributed by atoms with Crippen molar-refractivity contribution in [3.05, 3.63) is 455 Å². The number of rotatable bonds is 12. The minimum absolute atomic E-state index is 0.599. The van der Waals surface area contributed by atoms with Gasteiger partial charge in [-0.1, -0.05) is 364 Å². The van der Waals surface area contributed by atoms with E-state index in [2.05, 4.69) is 346 Å². The van der Waals surface area contributed by atoms with Gasteiger partial charge in [0, 0.05) is 99.1 Å². The third-order valence-electron chi connectivity index (χ3n) is 25.5. The summed E-state index contributed by atoms with van der Waals surface area (Å²) in [5.74, 6) is 5.58. The summed E-state index contributed by atoms with van der Waals surface area (Å²) in [5, 5.41) is 19.9. The maximum Gasteiger partial charge on any atom is 0.164 e. The Morgan fingerprint density at radius 1 is 0.126 bits per heavy atom. The summed E-state index contributed by atoms with van der Waals surface area (Å²) < 4.78 is 20.1. The minimum atomic E-state index is 0.599. The van der Waals surface area contributed by atoms with Gasteiger partial charge in [-0.15, -0.1) is 0 Å². The molecule has 0 N–H and O–H groups in total. The van der Waals surface area contributed by atoms with E-state index in [0.717, 1.165) is 198 Å². The standard InChI is InChI=1S/C45H27N3O.C41H25N3O.C37H23N3O/c1-2-12-30(13-3-1)37-22-23-38(41-39-26-33-16-8-9-17-34(33)27-40(39)49-42(37)41)45-47-43(35-20-18-28-10-4-6-14-31(28)24-35)46-44(48-45)36-21-19-29-11-5-7-15-32(29)25-36;1-3-12-27(13-4-1)33-21-22-34(37-35-24-30-17-9-10-18-31(30)25-36(35)45-38(33)37)41-43-39(28-14-5-2-6-15-28)42-40(44-41)32-20-19-26-11-7-8-16-29(26)23-32;1-4-12-24(13-5-1)29-20-21-30(33-31-22-27-18-10-11-19-28(27)23-32(31)41-34(29)33)37-39-35(25-14-6-2-7-15-25)38-36(40-37)26-16-8-3-9-17-26/h1-27H;1-25H;1-23H. The fourth-order valence-corrected chi connectivity index (χ4v) is 18.8. The van der Waals surface area contributed by atoms with E-state index in [1.54, 1.807) is 0 Å². The first-order chi connectivity index (χ1) is 66.8. The van der Waals surface area contributed by atoms with Crippen molar-refractivity contribution >= 4 is 130 Å². The van der Waals surface area contributed by atoms with Crippen LogP contribution in [0.4, 0.5) is 0 Å². The van der Waals surface area contributed by atoms with Crippen molar-refractivity contribution in [1.82, 2.24) is 44.9 Å². The zero-order valence-electron chi connectivity index (χ0n) is 72.6. The second kappa shape index (κ2) is 33.6. The quantitative estimate of drug-likeness (QED) is 0.114. The van der Waals surface area contributed by atoms with Gasteiger partial charge in [0.05, 0.1) is 0 Å². The van der Waals surface area contributed by atoms with Crippen LogP contribution in [0.1, 0.15) is 0 Å². The van der Waals surface area contributed by atoms with E-state index < -0.39 is 0 Å². The van der Waals surface area contributed by atoms with Crippen LogP contribution in [0.15, 0.2) is 468 Å². The van der Waals surface area contributed by atoms with Gasteiger partial charge in [-0.2, -0.15) is 0 Å². The van der Waals surface area contributed by atoms with Crippen LogP contribution < -0.4 is 0 Å². The second-order valence-corrected chi connectivity index (χ2v) is 33.8. The first-order valence-electron chi connectivity index (χ1n) is 45.1. The van der Waals surface area contributed by atoms with Gasteiger partial charge in [-0.05, 0) is 172 Å². The van der Waals surface area contributed by atoms with E-state index in [0.29, 0.717) is 52.4 Å². The highest BCUT2D eigenvalue weighted by atomic mass is 16.3. The number of benzene rings is 21. The van der Waals surface area contributed by atoms with Crippen molar-refractivity contribution in [2.75, 3.05) is 0 Å². The largest absolute Gasteiger partial charge is 0.455 e. The summed E-state index contributed by atoms with van der Waals surface area (Å²) in [5.41, 5.74) is 19.6. The van der Waals surface area contributed by atoms with Gasteiger partial charge in [0.25, 0.3) is 0 Å². The highest BCUT2D eigenvalue weighted by molar-refractivity contribution is 6.21. The molecule has 12 heteroatoms. The summed E-state index contributed by atoms with van der Waals surface area (Å²) in [4.78, 5) is 45.7. The lowest BCUT2D eigenvalue weighted by molar-refractivity contribution is 0.670. The molecule has 0 amide bonds. The fraction of sp³-hybridized carbons (Fsp3) is 0. The summed E-state index contributed by atoms with van der Waals surface area (Å²) >= 11 is 0. The summed E-state index contributed by atoms with van der Waals surface area (Å²) in [7, 11) is 0. The number of nitrogens with zero attached hydrogens (tertiary/aromatic N) is 9. The van der Waals surface area contributed by atoms with E-state index in [-0.39, 0.29) is 0 Å². The molecule has 0 aliphatic heterocycles. The average Bonchev–Trinajstić information content (AvgIpc) is 1.60. The molecule has 0 saturated heterocycles. The molecule has 27 aromatic rings. The van der Waals surface area contributed by atoms with Crippen LogP contribution in [0.5, 0.6) is 0 Å². The zero-order chi connectivity index (χ0) is 89.2. The van der Waals surface area contributed by atoms with Crippen molar-refractivity contribution in [3.63, 3.8) is 0 Å². The molecule has 0 aliphatic carbocycles. The molecule has 12 nitrogen and oxygen atoms in total. The Balaban J connectivity index is 0.000000108. The molecule has 6 heterocycles. The van der Waals surface area contributed by atoms with Crippen LogP contribution in [0.25, 0.3) is 266 Å². The highest BCUT2D eigenvalue weighted by Gasteiger charge is 2.27. The molecule has 0 bridgehead atoms. The van der Waals surface area contributed by atoms with Crippen LogP contribution in [0, 0.1) is 0 Å². The molecule has 630 valence electrons. The lowest BCUT2D eigenvalue weighted by Gasteiger charge is -2.11. The molecule has 0 saturated carbocycles. The normalized spacial score (nSPS) is 11.6. The number of hydrogen-bond donors (Lipinski definition) is 0. The predicted octanol–water partition coefficient (Wildman–Crippen LogP) is 32.2. The molecular weight excluding hydrogens is 1650 g/mol. The first-order valence-corrected chi connectivity index (χ1v) is 45.1. The van der Waals surface area contributed by atoms with Crippen LogP contribution in [-0.2, 0) is 0 Å². The van der Waals surface area contributed by atoms with Gasteiger partial charge in [0.1, 0.15) is 33.5 Å². The third kappa shape index (κ3) is 14.8. The van der Waals surface area contributed by atoms with E-state index in [4.69, 9.17) is 58.1 Å². The molecule has 0 spiro atoms. The molecule has 21 aromatic carbocycles. The minimum Gasteiger partial charge on any atom is -0.455 e. The van der Waals surface area contributed by atoms with Gasteiger partial charge in [0.15, 0.2) is 52.4 Å². The predicted molar refractivity (Wildman–Crippen MR) is 552 cm³/mol. The van der Waals surface area contributed by atoms with Crippen molar-refractivity contribution in [2.45, 2.75) is 0 Å². The van der Waals surface area contributed by atoms with Crippen LogP contribution in [0.2, 0.25) is 0 Å². The third-order valence-corrected chi connectivity index (χ3v) is 25.5. The molecule has 0 fully saturated rings. The average molecular weight is 1730 g/mol. The Morgan fingerprint density at radius 2 is 0.311 bits per heavy atom. The zero-order valence-corrected chi connectivity index (χ0v) is 72.6. The number of hydrogen-bond acceptors (Lipinski definition) is 12. The van der Waals surface area contributed by atoms with Crippen LogP contribution >= 0.6 is 0 Å². The number of furan rings is 3. The molecule has 0 aliphatic rings. The lowest BCUT2D eigenvalue weighted by atomic mass is 9.97. The molecule has 0 atom stereocenters. The van der Waals surface area contributed by atoms with Crippen LogP contribution in [-0.4, -0.2) is 44.9 Å². The van der Waals surface area contributed by atoms with E-state index >= 15 is 0 Å². The Kier molecular flexibility index (Phi) is 19.6.